The van der Waals surface area contributed by atoms with Gasteiger partial charge in [-0.3, -0.25) is 9.69 Å². The lowest BCUT2D eigenvalue weighted by molar-refractivity contribution is -0.151. The molecular weight excluding hydrogens is 182 g/mol. The van der Waals surface area contributed by atoms with Crippen LogP contribution in [0.1, 0.15) is 26.2 Å². The van der Waals surface area contributed by atoms with Crippen molar-refractivity contribution in [1.29, 1.82) is 0 Å². The largest absolute Gasteiger partial charge is 0.480 e. The first-order chi connectivity index (χ1) is 6.65. The zero-order valence-corrected chi connectivity index (χ0v) is 8.53. The van der Waals surface area contributed by atoms with Crippen molar-refractivity contribution in [3.8, 4) is 0 Å². The molecule has 0 amide bonds. The van der Waals surface area contributed by atoms with Gasteiger partial charge in [0.1, 0.15) is 5.54 Å². The van der Waals surface area contributed by atoms with Crippen LogP contribution in [0.2, 0.25) is 0 Å². The molecule has 2 rings (SSSR count). The molecule has 4 nitrogen and oxygen atoms in total. The van der Waals surface area contributed by atoms with E-state index in [2.05, 4.69) is 4.90 Å². The lowest BCUT2D eigenvalue weighted by atomic mass is 9.94. The van der Waals surface area contributed by atoms with E-state index in [1.807, 2.05) is 6.92 Å². The van der Waals surface area contributed by atoms with E-state index in [0.717, 1.165) is 25.9 Å². The molecule has 2 unspecified atom stereocenters. The second kappa shape index (κ2) is 3.51. The summed E-state index contributed by atoms with van der Waals surface area (Å²) in [6.45, 7) is 4.11. The molecule has 0 aromatic rings. The maximum absolute atomic E-state index is 11.3. The Morgan fingerprint density at radius 3 is 2.57 bits per heavy atom. The van der Waals surface area contributed by atoms with Crippen LogP contribution in [0.15, 0.2) is 0 Å². The van der Waals surface area contributed by atoms with Gasteiger partial charge in [0, 0.05) is 6.42 Å². The molecule has 0 aliphatic carbocycles. The summed E-state index contributed by atoms with van der Waals surface area (Å²) in [4.78, 5) is 13.4. The highest BCUT2D eigenvalue weighted by atomic mass is 16.5. The summed E-state index contributed by atoms with van der Waals surface area (Å²) in [6, 6.07) is 0. The van der Waals surface area contributed by atoms with Crippen LogP contribution in [0, 0.1) is 0 Å². The monoisotopic (exact) mass is 199 g/mol. The number of carboxylic acid groups (broad SMARTS) is 1. The van der Waals surface area contributed by atoms with Crippen molar-refractivity contribution >= 4 is 5.97 Å². The standard InChI is InChI=1S/C10H17NO3/c1-8-6-10(7-14-8,9(12)13)11-4-2-3-5-11/h8H,2-7H2,1H3,(H,12,13). The number of likely N-dealkylation sites (tertiary alicyclic amines) is 1. The zero-order valence-electron chi connectivity index (χ0n) is 8.53. The summed E-state index contributed by atoms with van der Waals surface area (Å²) in [5.74, 6) is -0.719. The minimum Gasteiger partial charge on any atom is -0.480 e. The summed E-state index contributed by atoms with van der Waals surface area (Å²) in [5.41, 5.74) is -0.726. The van der Waals surface area contributed by atoms with Crippen LogP contribution in [0.5, 0.6) is 0 Å². The average molecular weight is 199 g/mol. The second-order valence-corrected chi connectivity index (χ2v) is 4.36. The Labute approximate surface area is 83.8 Å². The Morgan fingerprint density at radius 2 is 2.14 bits per heavy atom. The predicted octanol–water partition coefficient (Wildman–Crippen LogP) is 0.714. The van der Waals surface area contributed by atoms with Crippen molar-refractivity contribution in [3.63, 3.8) is 0 Å². The number of aliphatic carboxylic acids is 1. The van der Waals surface area contributed by atoms with Gasteiger partial charge in [-0.25, -0.2) is 0 Å². The van der Waals surface area contributed by atoms with E-state index in [0.29, 0.717) is 13.0 Å². The molecule has 0 aromatic carbocycles. The molecule has 0 spiro atoms. The van der Waals surface area contributed by atoms with Gasteiger partial charge in [-0.05, 0) is 32.9 Å². The number of hydrogen-bond donors (Lipinski definition) is 1. The van der Waals surface area contributed by atoms with E-state index < -0.39 is 11.5 Å². The van der Waals surface area contributed by atoms with Crippen molar-refractivity contribution in [3.05, 3.63) is 0 Å². The van der Waals surface area contributed by atoms with E-state index in [1.165, 1.54) is 0 Å². The number of nitrogens with zero attached hydrogens (tertiary/aromatic N) is 1. The average Bonchev–Trinajstić information content (AvgIpc) is 2.71. The van der Waals surface area contributed by atoms with E-state index >= 15 is 0 Å². The van der Waals surface area contributed by atoms with Crippen LogP contribution < -0.4 is 0 Å². The molecule has 2 saturated heterocycles. The fraction of sp³-hybridized carbons (Fsp3) is 0.900. The molecule has 0 saturated carbocycles. The molecule has 0 radical (unpaired) electrons. The van der Waals surface area contributed by atoms with Gasteiger partial charge in [-0.2, -0.15) is 0 Å². The van der Waals surface area contributed by atoms with Crippen LogP contribution >= 0.6 is 0 Å². The first kappa shape index (κ1) is 9.93. The molecule has 2 aliphatic heterocycles. The van der Waals surface area contributed by atoms with E-state index in [1.54, 1.807) is 0 Å². The Hall–Kier alpha value is -0.610. The van der Waals surface area contributed by atoms with Gasteiger partial charge in [0.25, 0.3) is 0 Å². The van der Waals surface area contributed by atoms with Gasteiger partial charge in [0.05, 0.1) is 12.7 Å². The number of ether oxygens (including phenoxy) is 1. The lowest BCUT2D eigenvalue weighted by Gasteiger charge is -2.33. The Balaban J connectivity index is 2.17. The normalized spacial score (nSPS) is 39.1. The Kier molecular flexibility index (Phi) is 2.49. The van der Waals surface area contributed by atoms with Crippen molar-refractivity contribution in [2.75, 3.05) is 19.7 Å². The minimum absolute atomic E-state index is 0.0756. The fourth-order valence-electron chi connectivity index (χ4n) is 2.52. The maximum Gasteiger partial charge on any atom is 0.326 e. The number of carboxylic acids is 1. The highest BCUT2D eigenvalue weighted by Crippen LogP contribution is 2.33. The van der Waals surface area contributed by atoms with Crippen molar-refractivity contribution in [2.45, 2.75) is 37.8 Å². The topological polar surface area (TPSA) is 49.8 Å². The van der Waals surface area contributed by atoms with E-state index in [4.69, 9.17) is 4.74 Å². The second-order valence-electron chi connectivity index (χ2n) is 4.36. The molecule has 1 N–H and O–H groups in total. The highest BCUT2D eigenvalue weighted by Gasteiger charge is 2.50. The van der Waals surface area contributed by atoms with E-state index in [-0.39, 0.29) is 6.10 Å². The van der Waals surface area contributed by atoms with Gasteiger partial charge in [0.2, 0.25) is 0 Å². The van der Waals surface area contributed by atoms with Crippen LogP contribution in [-0.4, -0.2) is 47.3 Å². The summed E-state index contributed by atoms with van der Waals surface area (Å²) >= 11 is 0. The molecule has 14 heavy (non-hydrogen) atoms. The van der Waals surface area contributed by atoms with Crippen molar-refractivity contribution in [1.82, 2.24) is 4.90 Å². The highest BCUT2D eigenvalue weighted by molar-refractivity contribution is 5.79. The maximum atomic E-state index is 11.3. The fourth-order valence-corrected chi connectivity index (χ4v) is 2.52. The van der Waals surface area contributed by atoms with Gasteiger partial charge < -0.3 is 9.84 Å². The SMILES string of the molecule is CC1CC(C(=O)O)(N2CCCC2)CO1. The zero-order chi connectivity index (χ0) is 10.2. The van der Waals surface area contributed by atoms with Crippen molar-refractivity contribution < 1.29 is 14.6 Å². The molecule has 0 aromatic heterocycles. The van der Waals surface area contributed by atoms with Crippen LogP contribution in [0.3, 0.4) is 0 Å². The van der Waals surface area contributed by atoms with Gasteiger partial charge in [-0.1, -0.05) is 0 Å². The number of rotatable bonds is 2. The third-order valence-electron chi connectivity index (χ3n) is 3.34. The Morgan fingerprint density at radius 1 is 1.50 bits per heavy atom. The third-order valence-corrected chi connectivity index (χ3v) is 3.34. The minimum atomic E-state index is -0.726. The summed E-state index contributed by atoms with van der Waals surface area (Å²) in [5, 5.41) is 9.32. The van der Waals surface area contributed by atoms with Crippen LogP contribution in [0.4, 0.5) is 0 Å². The molecular formula is C10H17NO3. The first-order valence-electron chi connectivity index (χ1n) is 5.25. The third kappa shape index (κ3) is 1.42. The van der Waals surface area contributed by atoms with Crippen LogP contribution in [0.25, 0.3) is 0 Å². The summed E-state index contributed by atoms with van der Waals surface area (Å²) < 4.78 is 5.42. The quantitative estimate of drug-likeness (QED) is 0.711. The van der Waals surface area contributed by atoms with Crippen molar-refractivity contribution in [2.24, 2.45) is 0 Å². The molecule has 2 atom stereocenters. The van der Waals surface area contributed by atoms with Crippen LogP contribution in [-0.2, 0) is 9.53 Å². The summed E-state index contributed by atoms with van der Waals surface area (Å²) in [6.07, 6.45) is 2.93. The molecule has 0 bridgehead atoms. The molecule has 4 heteroatoms. The van der Waals surface area contributed by atoms with Gasteiger partial charge >= 0.3 is 5.97 Å². The number of carbonyl (C=O) groups is 1. The smallest absolute Gasteiger partial charge is 0.326 e. The van der Waals surface area contributed by atoms with E-state index in [9.17, 15) is 9.90 Å². The molecule has 80 valence electrons. The molecule has 2 aliphatic rings. The lowest BCUT2D eigenvalue weighted by Crippen LogP contribution is -2.54. The predicted molar refractivity (Wildman–Crippen MR) is 51.2 cm³/mol. The van der Waals surface area contributed by atoms with Gasteiger partial charge in [0.15, 0.2) is 0 Å². The molecule has 2 fully saturated rings. The van der Waals surface area contributed by atoms with Gasteiger partial charge in [-0.15, -0.1) is 0 Å². The first-order valence-corrected chi connectivity index (χ1v) is 5.25. The molecule has 2 heterocycles. The number of hydrogen-bond acceptors (Lipinski definition) is 3. The summed E-state index contributed by atoms with van der Waals surface area (Å²) in [7, 11) is 0. The Bertz CT molecular complexity index is 238.